The van der Waals surface area contributed by atoms with Gasteiger partial charge >= 0.3 is 6.09 Å². The molecule has 33 heavy (non-hydrogen) atoms. The number of hydrogen-bond acceptors (Lipinski definition) is 4. The lowest BCUT2D eigenvalue weighted by atomic mass is 9.98. The van der Waals surface area contributed by atoms with E-state index >= 15 is 0 Å². The van der Waals surface area contributed by atoms with E-state index in [1.165, 1.54) is 11.1 Å². The van der Waals surface area contributed by atoms with Gasteiger partial charge in [-0.1, -0.05) is 36.3 Å². The van der Waals surface area contributed by atoms with Crippen LogP contribution in [-0.2, 0) is 27.2 Å². The zero-order valence-electron chi connectivity index (χ0n) is 20.1. The number of anilines is 1. The van der Waals surface area contributed by atoms with Crippen molar-refractivity contribution in [3.8, 4) is 0 Å². The van der Waals surface area contributed by atoms with Gasteiger partial charge in [-0.05, 0) is 76.1 Å². The average molecular weight is 453 g/mol. The fourth-order valence-corrected chi connectivity index (χ4v) is 4.11. The first-order chi connectivity index (χ1) is 15.7. The molecule has 3 rings (SSSR count). The van der Waals surface area contributed by atoms with Crippen LogP contribution < -0.4 is 5.32 Å². The average Bonchev–Trinajstić information content (AvgIpc) is 2.74. The summed E-state index contributed by atoms with van der Waals surface area (Å²) in [6.45, 7) is 6.82. The van der Waals surface area contributed by atoms with Gasteiger partial charge in [0.05, 0.1) is 0 Å². The number of nitrogens with one attached hydrogen (secondary N) is 1. The Balaban J connectivity index is 1.46. The number of rotatable bonds is 9. The van der Waals surface area contributed by atoms with Crippen LogP contribution in [0.5, 0.6) is 0 Å². The fourth-order valence-electron chi connectivity index (χ4n) is 4.11. The number of benzene rings is 1. The molecule has 2 aliphatic rings. The van der Waals surface area contributed by atoms with Crippen molar-refractivity contribution in [1.82, 2.24) is 4.90 Å². The summed E-state index contributed by atoms with van der Waals surface area (Å²) in [5.41, 5.74) is 3.96. The van der Waals surface area contributed by atoms with Crippen LogP contribution in [-0.4, -0.2) is 41.4 Å². The first-order valence-electron chi connectivity index (χ1n) is 12.0. The number of ketones is 1. The molecule has 0 spiro atoms. The maximum absolute atomic E-state index is 12.7. The van der Waals surface area contributed by atoms with E-state index in [0.29, 0.717) is 32.4 Å². The Morgan fingerprint density at radius 3 is 2.64 bits per heavy atom. The fraction of sp³-hybridized carbons (Fsp3) is 0.519. The third-order valence-electron chi connectivity index (χ3n) is 5.83. The predicted molar refractivity (Wildman–Crippen MR) is 130 cm³/mol. The van der Waals surface area contributed by atoms with E-state index in [0.717, 1.165) is 43.4 Å². The Bertz CT molecular complexity index is 940. The molecule has 0 bridgehead atoms. The van der Waals surface area contributed by atoms with Crippen LogP contribution in [0.15, 0.2) is 42.0 Å². The topological polar surface area (TPSA) is 75.7 Å². The lowest BCUT2D eigenvalue weighted by Crippen LogP contribution is -2.38. The number of unbranched alkanes of at least 4 members (excludes halogenated alkanes) is 2. The van der Waals surface area contributed by atoms with Crippen LogP contribution in [0.4, 0.5) is 10.5 Å². The molecule has 2 amide bonds. The maximum Gasteiger partial charge on any atom is 0.410 e. The highest BCUT2D eigenvalue weighted by Gasteiger charge is 2.22. The Morgan fingerprint density at radius 1 is 1.06 bits per heavy atom. The van der Waals surface area contributed by atoms with Gasteiger partial charge in [0.1, 0.15) is 5.60 Å². The number of nitrogens with zero attached hydrogens (tertiary/aromatic N) is 1. The van der Waals surface area contributed by atoms with E-state index in [2.05, 4.69) is 17.4 Å². The molecule has 1 aliphatic heterocycles. The molecule has 0 radical (unpaired) electrons. The Morgan fingerprint density at radius 2 is 1.88 bits per heavy atom. The number of hydrogen-bond donors (Lipinski definition) is 1. The smallest absolute Gasteiger partial charge is 0.410 e. The van der Waals surface area contributed by atoms with Crippen LogP contribution in [0.1, 0.15) is 70.4 Å². The predicted octanol–water partition coefficient (Wildman–Crippen LogP) is 5.37. The summed E-state index contributed by atoms with van der Waals surface area (Å²) >= 11 is 0. The molecule has 0 aromatic heterocycles. The largest absolute Gasteiger partial charge is 0.444 e. The summed E-state index contributed by atoms with van der Waals surface area (Å²) < 4.78 is 5.60. The van der Waals surface area contributed by atoms with Crippen LogP contribution in [0.2, 0.25) is 0 Å². The summed E-state index contributed by atoms with van der Waals surface area (Å²) in [6, 6.07) is 6.30. The number of aryl methyl sites for hydroxylation is 2. The van der Waals surface area contributed by atoms with Gasteiger partial charge in [0.15, 0.2) is 5.78 Å². The minimum absolute atomic E-state index is 0.0904. The number of allylic oxidation sites excluding steroid dienone is 3. The zero-order chi connectivity index (χ0) is 23.8. The molecule has 6 heteroatoms. The van der Waals surface area contributed by atoms with Gasteiger partial charge in [-0.2, -0.15) is 0 Å². The Hall–Kier alpha value is -2.89. The summed E-state index contributed by atoms with van der Waals surface area (Å²) in [7, 11) is 0. The molecule has 1 heterocycles. The molecule has 1 aromatic carbocycles. The second-order valence-corrected chi connectivity index (χ2v) is 9.89. The van der Waals surface area contributed by atoms with E-state index in [1.807, 2.05) is 32.9 Å². The van der Waals surface area contributed by atoms with Gasteiger partial charge < -0.3 is 15.0 Å². The third kappa shape index (κ3) is 8.19. The van der Waals surface area contributed by atoms with Crippen LogP contribution in [0, 0.1) is 0 Å². The molecule has 1 aromatic rings. The summed E-state index contributed by atoms with van der Waals surface area (Å²) in [5, 5.41) is 2.93. The van der Waals surface area contributed by atoms with Crippen molar-refractivity contribution >= 4 is 23.5 Å². The third-order valence-corrected chi connectivity index (χ3v) is 5.83. The molecule has 1 aliphatic carbocycles. The first-order valence-corrected chi connectivity index (χ1v) is 12.0. The summed E-state index contributed by atoms with van der Waals surface area (Å²) in [5.74, 6) is 0.202. The van der Waals surface area contributed by atoms with Gasteiger partial charge in [-0.15, -0.1) is 0 Å². The highest BCUT2D eigenvalue weighted by Crippen LogP contribution is 2.24. The molecular formula is C27H36N2O4. The lowest BCUT2D eigenvalue weighted by molar-refractivity contribution is -0.116. The Labute approximate surface area is 197 Å². The van der Waals surface area contributed by atoms with Gasteiger partial charge in [-0.3, -0.25) is 9.59 Å². The van der Waals surface area contributed by atoms with Crippen molar-refractivity contribution in [3.05, 3.63) is 53.1 Å². The van der Waals surface area contributed by atoms with Crippen molar-refractivity contribution in [2.75, 3.05) is 18.4 Å². The van der Waals surface area contributed by atoms with E-state index in [1.54, 1.807) is 17.1 Å². The van der Waals surface area contributed by atoms with Crippen LogP contribution in [0.25, 0.3) is 0 Å². The van der Waals surface area contributed by atoms with Crippen LogP contribution in [0.3, 0.4) is 0 Å². The molecule has 1 N–H and O–H groups in total. The quantitative estimate of drug-likeness (QED) is 0.511. The minimum Gasteiger partial charge on any atom is -0.444 e. The van der Waals surface area contributed by atoms with E-state index in [-0.39, 0.29) is 17.8 Å². The SMILES string of the molecule is CC(C)(C)OC(=O)N(CCCCCc1ccc2c(c1)CCC(=O)N2)CCC1=CC=CC(=O)C1. The standard InChI is InChI=1S/C27H36N2O4/c1-27(2,3)33-26(32)29(17-15-21-9-7-10-23(30)19-21)16-6-4-5-8-20-11-13-24-22(18-20)12-14-25(31)28-24/h7,9-11,13,18H,4-6,8,12,14-17,19H2,1-3H3,(H,28,31). The van der Waals surface area contributed by atoms with Gasteiger partial charge in [0, 0.05) is 31.6 Å². The number of fused-ring (bicyclic) bond motifs is 1. The molecule has 0 atom stereocenters. The second-order valence-electron chi connectivity index (χ2n) is 9.89. The molecular weight excluding hydrogens is 416 g/mol. The Kier molecular flexibility index (Phi) is 8.48. The van der Waals surface area contributed by atoms with Crippen molar-refractivity contribution in [2.45, 2.75) is 77.7 Å². The van der Waals surface area contributed by atoms with E-state index in [9.17, 15) is 14.4 Å². The monoisotopic (exact) mass is 452 g/mol. The minimum atomic E-state index is -0.538. The number of carbonyl (C=O) groups is 3. The molecule has 0 saturated carbocycles. The molecule has 0 unspecified atom stereocenters. The number of ether oxygens (including phenoxy) is 1. The summed E-state index contributed by atoms with van der Waals surface area (Å²) in [4.78, 5) is 37.6. The maximum atomic E-state index is 12.7. The highest BCUT2D eigenvalue weighted by atomic mass is 16.6. The van der Waals surface area contributed by atoms with Gasteiger partial charge in [0.2, 0.25) is 5.91 Å². The number of amides is 2. The van der Waals surface area contributed by atoms with Crippen molar-refractivity contribution in [1.29, 1.82) is 0 Å². The summed E-state index contributed by atoms with van der Waals surface area (Å²) in [6.07, 6.45) is 11.5. The first kappa shape index (κ1) is 24.7. The molecule has 6 nitrogen and oxygen atoms in total. The highest BCUT2D eigenvalue weighted by molar-refractivity contribution is 5.94. The van der Waals surface area contributed by atoms with E-state index < -0.39 is 5.60 Å². The lowest BCUT2D eigenvalue weighted by Gasteiger charge is -2.28. The second kappa shape index (κ2) is 11.3. The molecule has 178 valence electrons. The van der Waals surface area contributed by atoms with E-state index in [4.69, 9.17) is 4.74 Å². The zero-order valence-corrected chi connectivity index (χ0v) is 20.1. The number of carbonyl (C=O) groups excluding carboxylic acids is 3. The molecule has 0 fully saturated rings. The van der Waals surface area contributed by atoms with Crippen LogP contribution >= 0.6 is 0 Å². The normalized spacial score (nSPS) is 15.5. The van der Waals surface area contributed by atoms with Gasteiger partial charge in [0.25, 0.3) is 0 Å². The van der Waals surface area contributed by atoms with Gasteiger partial charge in [-0.25, -0.2) is 4.79 Å². The van der Waals surface area contributed by atoms with Crippen molar-refractivity contribution < 1.29 is 19.1 Å². The molecule has 0 saturated heterocycles. The van der Waals surface area contributed by atoms with Crippen molar-refractivity contribution in [2.24, 2.45) is 0 Å². The van der Waals surface area contributed by atoms with Crippen molar-refractivity contribution in [3.63, 3.8) is 0 Å².